The number of hydrogen-bond acceptors (Lipinski definition) is 4. The number of hydrogen-bond donors (Lipinski definition) is 0. The third-order valence-electron chi connectivity index (χ3n) is 2.37. The molecule has 0 aromatic heterocycles. The summed E-state index contributed by atoms with van der Waals surface area (Å²) in [5.41, 5.74) is 0.00653. The van der Waals surface area contributed by atoms with Gasteiger partial charge in [0.15, 0.2) is 0 Å². The summed E-state index contributed by atoms with van der Waals surface area (Å²) in [5.74, 6) is 0.122. The summed E-state index contributed by atoms with van der Waals surface area (Å²) in [5, 5.41) is -0.179. The molecule has 0 aromatic rings. The van der Waals surface area contributed by atoms with E-state index in [-0.39, 0.29) is 22.3 Å². The highest BCUT2D eigenvalue weighted by atomic mass is 32.2. The van der Waals surface area contributed by atoms with Crippen LogP contribution in [0.1, 0.15) is 13.8 Å². The van der Waals surface area contributed by atoms with Crippen molar-refractivity contribution in [1.29, 1.82) is 0 Å². The molecular formula is C12H13NO2S2. The monoisotopic (exact) mass is 267 g/mol. The minimum atomic E-state index is -0.179. The van der Waals surface area contributed by atoms with Crippen molar-refractivity contribution in [3.63, 3.8) is 0 Å². The van der Waals surface area contributed by atoms with Gasteiger partial charge >= 0.3 is 0 Å². The third kappa shape index (κ3) is 3.04. The van der Waals surface area contributed by atoms with Crippen LogP contribution in [0.25, 0.3) is 0 Å². The van der Waals surface area contributed by atoms with Gasteiger partial charge in [-0.25, -0.2) is 4.31 Å². The molecule has 1 aliphatic carbocycles. The molecule has 0 unspecified atom stereocenters. The second kappa shape index (κ2) is 4.74. The van der Waals surface area contributed by atoms with Crippen molar-refractivity contribution in [2.45, 2.75) is 13.8 Å². The van der Waals surface area contributed by atoms with E-state index in [4.69, 9.17) is 0 Å². The molecular weight excluding hydrogens is 254 g/mol. The Labute approximate surface area is 109 Å². The lowest BCUT2D eigenvalue weighted by molar-refractivity contribution is -0.120. The van der Waals surface area contributed by atoms with Gasteiger partial charge in [0.2, 0.25) is 0 Å². The van der Waals surface area contributed by atoms with Crippen LogP contribution in [0.2, 0.25) is 0 Å². The molecule has 3 nitrogen and oxygen atoms in total. The van der Waals surface area contributed by atoms with Crippen LogP contribution in [-0.4, -0.2) is 21.2 Å². The lowest BCUT2D eigenvalue weighted by atomic mass is 9.93. The van der Waals surface area contributed by atoms with Gasteiger partial charge in [0.05, 0.1) is 5.75 Å². The Hall–Kier alpha value is -0.940. The molecule has 1 heterocycles. The Kier molecular flexibility index (Phi) is 3.49. The summed E-state index contributed by atoms with van der Waals surface area (Å²) >= 11 is 2.25. The molecule has 2 rings (SSSR count). The highest BCUT2D eigenvalue weighted by molar-refractivity contribution is 8.17. The minimum Gasteiger partial charge on any atom is -0.272 e. The fraction of sp³-hybridized carbons (Fsp3) is 0.333. The van der Waals surface area contributed by atoms with E-state index in [0.29, 0.717) is 0 Å². The number of allylic oxidation sites excluding steroid dienone is 5. The Balaban J connectivity index is 2.10. The molecule has 17 heavy (non-hydrogen) atoms. The normalized spacial score (nSPS) is 22.9. The third-order valence-corrected chi connectivity index (χ3v) is 4.34. The lowest BCUT2D eigenvalue weighted by Crippen LogP contribution is -2.20. The molecule has 1 fully saturated rings. The summed E-state index contributed by atoms with van der Waals surface area (Å²) in [6.45, 7) is 4.20. The summed E-state index contributed by atoms with van der Waals surface area (Å²) < 4.78 is 1.23. The summed E-state index contributed by atoms with van der Waals surface area (Å²) in [7, 11) is 0. The molecule has 0 radical (unpaired) electrons. The average molecular weight is 267 g/mol. The molecule has 1 saturated heterocycles. The van der Waals surface area contributed by atoms with Crippen molar-refractivity contribution in [3.05, 3.63) is 35.3 Å². The number of nitrogens with zero attached hydrogens (tertiary/aromatic N) is 1. The molecule has 0 saturated carbocycles. The van der Waals surface area contributed by atoms with Crippen molar-refractivity contribution >= 4 is 34.9 Å². The van der Waals surface area contributed by atoms with Gasteiger partial charge in [-0.05, 0) is 24.1 Å². The second-order valence-electron chi connectivity index (χ2n) is 4.42. The zero-order valence-electron chi connectivity index (χ0n) is 9.67. The fourth-order valence-corrected chi connectivity index (χ4v) is 3.06. The molecule has 0 bridgehead atoms. The van der Waals surface area contributed by atoms with Crippen LogP contribution in [0.3, 0.4) is 0 Å². The average Bonchev–Trinajstić information content (AvgIpc) is 2.48. The second-order valence-corrected chi connectivity index (χ2v) is 6.36. The van der Waals surface area contributed by atoms with E-state index in [9.17, 15) is 9.59 Å². The first-order valence-corrected chi connectivity index (χ1v) is 7.00. The SMILES string of the molecule is CC1(C)C=CC=C(SN2C(=O)CSC2=O)C=C1. The summed E-state index contributed by atoms with van der Waals surface area (Å²) in [4.78, 5) is 23.8. The van der Waals surface area contributed by atoms with E-state index in [0.717, 1.165) is 16.7 Å². The highest BCUT2D eigenvalue weighted by Gasteiger charge is 2.31. The summed E-state index contributed by atoms with van der Waals surface area (Å²) in [6, 6.07) is 0. The number of amides is 2. The lowest BCUT2D eigenvalue weighted by Gasteiger charge is -2.13. The largest absolute Gasteiger partial charge is 0.299 e. The zero-order chi connectivity index (χ0) is 12.5. The van der Waals surface area contributed by atoms with Crippen LogP contribution in [0.15, 0.2) is 35.3 Å². The number of carbonyl (C=O) groups excluding carboxylic acids is 2. The highest BCUT2D eigenvalue weighted by Crippen LogP contribution is 2.33. The van der Waals surface area contributed by atoms with E-state index in [1.54, 1.807) is 0 Å². The van der Waals surface area contributed by atoms with Crippen molar-refractivity contribution in [1.82, 2.24) is 4.31 Å². The van der Waals surface area contributed by atoms with E-state index in [1.807, 2.05) is 18.2 Å². The minimum absolute atomic E-state index is 0.00653. The molecule has 0 aromatic carbocycles. The van der Waals surface area contributed by atoms with Gasteiger partial charge in [-0.1, -0.05) is 43.8 Å². The van der Waals surface area contributed by atoms with Crippen LogP contribution in [-0.2, 0) is 4.79 Å². The smallest absolute Gasteiger partial charge is 0.272 e. The molecule has 5 heteroatoms. The van der Waals surface area contributed by atoms with Crippen molar-refractivity contribution in [2.75, 3.05) is 5.75 Å². The number of thioether (sulfide) groups is 1. The maximum absolute atomic E-state index is 11.5. The standard InChI is InChI=1S/C12H13NO2S2/c1-12(2)6-3-4-9(5-7-12)17-13-10(14)8-16-11(13)15/h3-7H,8H2,1-2H3. The Bertz CT molecular complexity index is 433. The molecule has 0 N–H and O–H groups in total. The first-order valence-electron chi connectivity index (χ1n) is 5.24. The number of carbonyl (C=O) groups is 2. The van der Waals surface area contributed by atoms with E-state index in [2.05, 4.69) is 26.0 Å². The maximum atomic E-state index is 11.5. The van der Waals surface area contributed by atoms with Crippen LogP contribution >= 0.6 is 23.7 Å². The van der Waals surface area contributed by atoms with Crippen LogP contribution in [0, 0.1) is 5.41 Å². The molecule has 0 spiro atoms. The van der Waals surface area contributed by atoms with Gasteiger partial charge in [-0.2, -0.15) is 0 Å². The number of imide groups is 1. The van der Waals surface area contributed by atoms with Crippen molar-refractivity contribution in [2.24, 2.45) is 5.41 Å². The Morgan fingerprint density at radius 2 is 2.12 bits per heavy atom. The van der Waals surface area contributed by atoms with Gasteiger partial charge in [0.1, 0.15) is 0 Å². The topological polar surface area (TPSA) is 37.4 Å². The van der Waals surface area contributed by atoms with Gasteiger partial charge < -0.3 is 0 Å². The zero-order valence-corrected chi connectivity index (χ0v) is 11.3. The molecule has 90 valence electrons. The van der Waals surface area contributed by atoms with E-state index < -0.39 is 0 Å². The van der Waals surface area contributed by atoms with Gasteiger partial charge in [0.25, 0.3) is 11.1 Å². The molecule has 2 amide bonds. The van der Waals surface area contributed by atoms with Crippen LogP contribution < -0.4 is 0 Å². The predicted molar refractivity (Wildman–Crippen MR) is 72.4 cm³/mol. The predicted octanol–water partition coefficient (Wildman–Crippen LogP) is 3.37. The first-order chi connectivity index (χ1) is 7.98. The first kappa shape index (κ1) is 12.5. The van der Waals surface area contributed by atoms with E-state index >= 15 is 0 Å². The Morgan fingerprint density at radius 3 is 2.76 bits per heavy atom. The quantitative estimate of drug-likeness (QED) is 0.719. The molecule has 2 aliphatic rings. The molecule has 0 atom stereocenters. The fourth-order valence-electron chi connectivity index (χ4n) is 1.40. The maximum Gasteiger partial charge on any atom is 0.299 e. The molecule has 1 aliphatic heterocycles. The Morgan fingerprint density at radius 1 is 1.35 bits per heavy atom. The van der Waals surface area contributed by atoms with Crippen molar-refractivity contribution in [3.8, 4) is 0 Å². The number of rotatable bonds is 2. The van der Waals surface area contributed by atoms with Gasteiger partial charge in [0, 0.05) is 10.3 Å². The van der Waals surface area contributed by atoms with E-state index in [1.165, 1.54) is 16.3 Å². The van der Waals surface area contributed by atoms with Gasteiger partial charge in [-0.15, -0.1) is 0 Å². The van der Waals surface area contributed by atoms with Crippen molar-refractivity contribution < 1.29 is 9.59 Å². The van der Waals surface area contributed by atoms with Gasteiger partial charge in [-0.3, -0.25) is 9.59 Å². The van der Waals surface area contributed by atoms with Crippen LogP contribution in [0.5, 0.6) is 0 Å². The van der Waals surface area contributed by atoms with Crippen LogP contribution in [0.4, 0.5) is 4.79 Å². The summed E-state index contributed by atoms with van der Waals surface area (Å²) in [6.07, 6.45) is 9.97.